The summed E-state index contributed by atoms with van der Waals surface area (Å²) in [6.07, 6.45) is 3.69. The van der Waals surface area contributed by atoms with E-state index in [1.807, 2.05) is 24.3 Å². The molecule has 1 aromatic heterocycles. The lowest BCUT2D eigenvalue weighted by Crippen LogP contribution is -2.25. The fraction of sp³-hybridized carbons (Fsp3) is 0.227. The summed E-state index contributed by atoms with van der Waals surface area (Å²) in [7, 11) is 1.33. The van der Waals surface area contributed by atoms with Crippen molar-refractivity contribution in [2.75, 3.05) is 12.4 Å². The highest BCUT2D eigenvalue weighted by Gasteiger charge is 2.23. The number of anilines is 1. The van der Waals surface area contributed by atoms with Gasteiger partial charge in [0.2, 0.25) is 5.91 Å². The van der Waals surface area contributed by atoms with Crippen molar-refractivity contribution >= 4 is 34.4 Å². The van der Waals surface area contributed by atoms with Crippen LogP contribution in [0, 0.1) is 0 Å². The number of hydrogen-bond acceptors (Lipinski definition) is 4. The van der Waals surface area contributed by atoms with E-state index in [2.05, 4.69) is 10.6 Å². The number of amides is 2. The highest BCUT2D eigenvalue weighted by atomic mass is 16.5. The van der Waals surface area contributed by atoms with Gasteiger partial charge in [0.25, 0.3) is 5.91 Å². The molecular weight excluding hydrogens is 370 g/mol. The Bertz CT molecular complexity index is 1080. The van der Waals surface area contributed by atoms with Crippen LogP contribution in [-0.4, -0.2) is 35.5 Å². The molecule has 0 radical (unpaired) electrons. The number of hydrogen-bond donors (Lipinski definition) is 2. The van der Waals surface area contributed by atoms with Crippen LogP contribution in [-0.2, 0) is 16.1 Å². The van der Waals surface area contributed by atoms with Gasteiger partial charge in [0.1, 0.15) is 6.54 Å². The van der Waals surface area contributed by atoms with Gasteiger partial charge in [0.05, 0.1) is 12.7 Å². The Balaban J connectivity index is 1.46. The molecule has 1 fully saturated rings. The highest BCUT2D eigenvalue weighted by molar-refractivity contribution is 6.05. The zero-order valence-corrected chi connectivity index (χ0v) is 16.0. The van der Waals surface area contributed by atoms with Gasteiger partial charge in [-0.2, -0.15) is 0 Å². The zero-order chi connectivity index (χ0) is 20.4. The molecule has 2 amide bonds. The SMILES string of the molecule is COC(=O)c1cn(CC(=O)Nc2ccc(C(=O)NC3CC3)cc2)c2ccccc12. The van der Waals surface area contributed by atoms with Crippen molar-refractivity contribution in [2.24, 2.45) is 0 Å². The van der Waals surface area contributed by atoms with Gasteiger partial charge in [-0.3, -0.25) is 9.59 Å². The number of esters is 1. The Hall–Kier alpha value is -3.61. The molecule has 1 saturated carbocycles. The predicted molar refractivity (Wildman–Crippen MR) is 109 cm³/mol. The van der Waals surface area contributed by atoms with Crippen LogP contribution in [0.4, 0.5) is 5.69 Å². The average molecular weight is 391 g/mol. The minimum atomic E-state index is -0.444. The number of carbonyl (C=O) groups is 3. The Labute approximate surface area is 167 Å². The first-order valence-corrected chi connectivity index (χ1v) is 9.42. The number of benzene rings is 2. The number of fused-ring (bicyclic) bond motifs is 1. The smallest absolute Gasteiger partial charge is 0.340 e. The molecule has 29 heavy (non-hydrogen) atoms. The third-order valence-electron chi connectivity index (χ3n) is 4.85. The Morgan fingerprint density at radius 1 is 1.07 bits per heavy atom. The quantitative estimate of drug-likeness (QED) is 0.632. The van der Waals surface area contributed by atoms with E-state index >= 15 is 0 Å². The molecule has 0 spiro atoms. The number of aromatic nitrogens is 1. The summed E-state index contributed by atoms with van der Waals surface area (Å²) < 4.78 is 6.55. The van der Waals surface area contributed by atoms with Crippen molar-refractivity contribution in [3.05, 3.63) is 65.9 Å². The number of rotatable bonds is 6. The molecule has 2 N–H and O–H groups in total. The maximum atomic E-state index is 12.5. The van der Waals surface area contributed by atoms with Crippen molar-refractivity contribution in [3.63, 3.8) is 0 Å². The summed E-state index contributed by atoms with van der Waals surface area (Å²) in [5.41, 5.74) is 2.36. The number of carbonyl (C=O) groups excluding carboxylic acids is 3. The molecule has 0 bridgehead atoms. The molecule has 2 aromatic carbocycles. The van der Waals surface area contributed by atoms with Gasteiger partial charge in [-0.1, -0.05) is 18.2 Å². The van der Waals surface area contributed by atoms with E-state index in [1.165, 1.54) is 7.11 Å². The minimum Gasteiger partial charge on any atom is -0.465 e. The van der Waals surface area contributed by atoms with Crippen LogP contribution in [0.2, 0.25) is 0 Å². The summed E-state index contributed by atoms with van der Waals surface area (Å²) in [4.78, 5) is 36.6. The van der Waals surface area contributed by atoms with Crippen LogP contribution in [0.5, 0.6) is 0 Å². The van der Waals surface area contributed by atoms with Crippen molar-refractivity contribution in [1.82, 2.24) is 9.88 Å². The standard InChI is InChI=1S/C22H21N3O4/c1-29-22(28)18-12-25(19-5-3-2-4-17(18)19)13-20(26)23-15-8-6-14(7-9-15)21(27)24-16-10-11-16/h2-9,12,16H,10-11,13H2,1H3,(H,23,26)(H,24,27). The van der Waals surface area contributed by atoms with Gasteiger partial charge >= 0.3 is 5.97 Å². The summed E-state index contributed by atoms with van der Waals surface area (Å²) in [6.45, 7) is 0.0431. The third-order valence-corrected chi connectivity index (χ3v) is 4.85. The van der Waals surface area contributed by atoms with Gasteiger partial charge in [-0.05, 0) is 43.2 Å². The number of ether oxygens (including phenoxy) is 1. The monoisotopic (exact) mass is 391 g/mol. The Morgan fingerprint density at radius 2 is 1.79 bits per heavy atom. The van der Waals surface area contributed by atoms with Gasteiger partial charge in [0, 0.05) is 34.4 Å². The van der Waals surface area contributed by atoms with Gasteiger partial charge in [-0.25, -0.2) is 4.79 Å². The molecule has 0 aliphatic heterocycles. The third kappa shape index (κ3) is 4.13. The first kappa shape index (κ1) is 18.7. The number of nitrogens with one attached hydrogen (secondary N) is 2. The van der Waals surface area contributed by atoms with Crippen LogP contribution in [0.1, 0.15) is 33.6 Å². The maximum absolute atomic E-state index is 12.5. The summed E-state index contributed by atoms with van der Waals surface area (Å²) in [6, 6.07) is 14.4. The molecule has 7 heteroatoms. The van der Waals surface area contributed by atoms with Crippen LogP contribution < -0.4 is 10.6 Å². The fourth-order valence-corrected chi connectivity index (χ4v) is 3.21. The van der Waals surface area contributed by atoms with Gasteiger partial charge in [-0.15, -0.1) is 0 Å². The molecular formula is C22H21N3O4. The second kappa shape index (κ2) is 7.79. The van der Waals surface area contributed by atoms with E-state index in [1.54, 1.807) is 35.0 Å². The van der Waals surface area contributed by atoms with E-state index in [0.717, 1.165) is 23.7 Å². The fourth-order valence-electron chi connectivity index (χ4n) is 3.21. The predicted octanol–water partition coefficient (Wildman–Crippen LogP) is 2.96. The summed E-state index contributed by atoms with van der Waals surface area (Å²) in [5.74, 6) is -0.780. The van der Waals surface area contributed by atoms with Crippen LogP contribution in [0.3, 0.4) is 0 Å². The van der Waals surface area contributed by atoms with E-state index in [4.69, 9.17) is 4.74 Å². The molecule has 0 atom stereocenters. The van der Waals surface area contributed by atoms with Crippen LogP contribution in [0.25, 0.3) is 10.9 Å². The molecule has 3 aromatic rings. The molecule has 1 aliphatic rings. The van der Waals surface area contributed by atoms with Crippen LogP contribution >= 0.6 is 0 Å². The van der Waals surface area contributed by atoms with Crippen molar-refractivity contribution in [1.29, 1.82) is 0 Å². The maximum Gasteiger partial charge on any atom is 0.340 e. The molecule has 7 nitrogen and oxygen atoms in total. The first-order chi connectivity index (χ1) is 14.0. The van der Waals surface area contributed by atoms with Gasteiger partial charge in [0.15, 0.2) is 0 Å². The Kier molecular flexibility index (Phi) is 5.03. The number of para-hydroxylation sites is 1. The summed E-state index contributed by atoms with van der Waals surface area (Å²) in [5, 5.41) is 6.48. The second-order valence-corrected chi connectivity index (χ2v) is 7.05. The zero-order valence-electron chi connectivity index (χ0n) is 16.0. The van der Waals surface area contributed by atoms with E-state index in [0.29, 0.717) is 22.9 Å². The number of nitrogens with zero attached hydrogens (tertiary/aromatic N) is 1. The van der Waals surface area contributed by atoms with E-state index in [-0.39, 0.29) is 18.4 Å². The van der Waals surface area contributed by atoms with Crippen molar-refractivity contribution in [3.8, 4) is 0 Å². The molecule has 0 unspecified atom stereocenters. The van der Waals surface area contributed by atoms with Crippen LogP contribution in [0.15, 0.2) is 54.7 Å². The molecule has 0 saturated heterocycles. The van der Waals surface area contributed by atoms with Gasteiger partial charge < -0.3 is 19.9 Å². The van der Waals surface area contributed by atoms with E-state index in [9.17, 15) is 14.4 Å². The lowest BCUT2D eigenvalue weighted by atomic mass is 10.2. The molecule has 1 aliphatic carbocycles. The molecule has 148 valence electrons. The molecule has 1 heterocycles. The van der Waals surface area contributed by atoms with Crippen molar-refractivity contribution in [2.45, 2.75) is 25.4 Å². The lowest BCUT2D eigenvalue weighted by molar-refractivity contribution is -0.116. The van der Waals surface area contributed by atoms with Crippen molar-refractivity contribution < 1.29 is 19.1 Å². The summed E-state index contributed by atoms with van der Waals surface area (Å²) >= 11 is 0. The van der Waals surface area contributed by atoms with E-state index < -0.39 is 5.97 Å². The lowest BCUT2D eigenvalue weighted by Gasteiger charge is -2.08. The Morgan fingerprint density at radius 3 is 2.48 bits per heavy atom. The minimum absolute atomic E-state index is 0.0431. The first-order valence-electron chi connectivity index (χ1n) is 9.42. The second-order valence-electron chi connectivity index (χ2n) is 7.05. The average Bonchev–Trinajstić information content (AvgIpc) is 3.48. The number of methoxy groups -OCH3 is 1. The highest BCUT2D eigenvalue weighted by Crippen LogP contribution is 2.22. The molecule has 4 rings (SSSR count). The normalized spacial score (nSPS) is 13.1. The largest absolute Gasteiger partial charge is 0.465 e. The topological polar surface area (TPSA) is 89.4 Å².